The minimum atomic E-state index is -0.254. The molecule has 3 aromatic rings. The van der Waals surface area contributed by atoms with Gasteiger partial charge in [-0.25, -0.2) is 4.98 Å². The molecule has 1 amide bonds. The van der Waals surface area contributed by atoms with Gasteiger partial charge in [0.2, 0.25) is 5.91 Å². The lowest BCUT2D eigenvalue weighted by Crippen LogP contribution is -2.07. The first-order valence-corrected chi connectivity index (χ1v) is 7.51. The third kappa shape index (κ3) is 3.48. The first-order chi connectivity index (χ1) is 10.7. The number of nitrogens with zero attached hydrogens (tertiary/aromatic N) is 2. The van der Waals surface area contributed by atoms with Crippen LogP contribution in [-0.2, 0) is 4.79 Å². The van der Waals surface area contributed by atoms with Crippen molar-refractivity contribution in [2.45, 2.75) is 6.92 Å². The average molecular weight is 311 g/mol. The van der Waals surface area contributed by atoms with Crippen LogP contribution in [0.25, 0.3) is 17.5 Å². The Hall–Kier alpha value is -2.73. The number of aryl methyl sites for hydroxylation is 1. The molecule has 0 aliphatic carbocycles. The van der Waals surface area contributed by atoms with Crippen molar-refractivity contribution in [3.05, 3.63) is 59.5 Å². The van der Waals surface area contributed by atoms with E-state index in [0.717, 1.165) is 17.1 Å². The number of amides is 1. The van der Waals surface area contributed by atoms with Crippen LogP contribution in [0.1, 0.15) is 11.5 Å². The molecule has 0 unspecified atom stereocenters. The minimum Gasteiger partial charge on any atom is -0.462 e. The molecule has 0 aliphatic rings. The maximum Gasteiger partial charge on any atom is 0.250 e. The van der Waals surface area contributed by atoms with Gasteiger partial charge < -0.3 is 4.42 Å². The number of hydrogen-bond donors (Lipinski definition) is 1. The summed E-state index contributed by atoms with van der Waals surface area (Å²) in [5, 5.41) is 5.11. The number of pyridine rings is 1. The van der Waals surface area contributed by atoms with Crippen LogP contribution in [0.5, 0.6) is 0 Å². The first kappa shape index (κ1) is 14.2. The van der Waals surface area contributed by atoms with Gasteiger partial charge in [0.05, 0.1) is 5.69 Å². The monoisotopic (exact) mass is 311 g/mol. The van der Waals surface area contributed by atoms with E-state index in [9.17, 15) is 4.79 Å². The van der Waals surface area contributed by atoms with Crippen molar-refractivity contribution >= 4 is 28.5 Å². The van der Waals surface area contributed by atoms with Crippen LogP contribution in [0.15, 0.2) is 52.4 Å². The van der Waals surface area contributed by atoms with Crippen LogP contribution >= 0.6 is 11.3 Å². The topological polar surface area (TPSA) is 68.0 Å². The van der Waals surface area contributed by atoms with E-state index < -0.39 is 0 Å². The highest BCUT2D eigenvalue weighted by molar-refractivity contribution is 7.14. The predicted molar refractivity (Wildman–Crippen MR) is 86.5 cm³/mol. The molecule has 22 heavy (non-hydrogen) atoms. The Bertz CT molecular complexity index is 806. The quantitative estimate of drug-likeness (QED) is 0.745. The van der Waals surface area contributed by atoms with Gasteiger partial charge in [0.1, 0.15) is 17.2 Å². The van der Waals surface area contributed by atoms with Gasteiger partial charge in [-0.3, -0.25) is 15.1 Å². The summed E-state index contributed by atoms with van der Waals surface area (Å²) in [4.78, 5) is 20.4. The molecular formula is C16H13N3O2S. The zero-order valence-corrected chi connectivity index (χ0v) is 12.6. The zero-order valence-electron chi connectivity index (χ0n) is 11.8. The van der Waals surface area contributed by atoms with Crippen molar-refractivity contribution in [3.63, 3.8) is 0 Å². The smallest absolute Gasteiger partial charge is 0.250 e. The molecule has 6 heteroatoms. The lowest BCUT2D eigenvalue weighted by molar-refractivity contribution is -0.111. The van der Waals surface area contributed by atoms with Crippen molar-refractivity contribution in [1.82, 2.24) is 9.97 Å². The summed E-state index contributed by atoms with van der Waals surface area (Å²) >= 11 is 1.36. The molecule has 5 nitrogen and oxygen atoms in total. The molecule has 0 saturated heterocycles. The van der Waals surface area contributed by atoms with Crippen molar-refractivity contribution in [3.8, 4) is 11.4 Å². The van der Waals surface area contributed by atoms with E-state index in [4.69, 9.17) is 4.42 Å². The van der Waals surface area contributed by atoms with Crippen molar-refractivity contribution < 1.29 is 9.21 Å². The van der Waals surface area contributed by atoms with E-state index in [0.29, 0.717) is 10.9 Å². The van der Waals surface area contributed by atoms with Crippen LogP contribution in [0.2, 0.25) is 0 Å². The second-order valence-electron chi connectivity index (χ2n) is 4.52. The molecule has 0 bridgehead atoms. The van der Waals surface area contributed by atoms with E-state index in [1.807, 2.05) is 42.6 Å². The van der Waals surface area contributed by atoms with Crippen molar-refractivity contribution in [2.75, 3.05) is 5.32 Å². The molecule has 0 radical (unpaired) electrons. The van der Waals surface area contributed by atoms with E-state index >= 15 is 0 Å². The van der Waals surface area contributed by atoms with Crippen LogP contribution in [-0.4, -0.2) is 15.9 Å². The standard InChI is InChI=1S/C16H13N3O2S/c1-11-5-6-12(21-11)7-8-15(20)19-16-18-14(10-22-16)13-4-2-3-9-17-13/h2-10H,1H3,(H,18,19,20). The molecule has 0 spiro atoms. The van der Waals surface area contributed by atoms with E-state index in [2.05, 4.69) is 15.3 Å². The van der Waals surface area contributed by atoms with Gasteiger partial charge in [-0.2, -0.15) is 0 Å². The number of anilines is 1. The van der Waals surface area contributed by atoms with Gasteiger partial charge in [0.25, 0.3) is 0 Å². The van der Waals surface area contributed by atoms with Crippen LogP contribution < -0.4 is 5.32 Å². The normalized spacial score (nSPS) is 11.0. The molecule has 110 valence electrons. The van der Waals surface area contributed by atoms with Crippen LogP contribution in [0.3, 0.4) is 0 Å². The predicted octanol–water partition coefficient (Wildman–Crippen LogP) is 3.76. The number of aromatic nitrogens is 2. The van der Waals surface area contributed by atoms with Crippen molar-refractivity contribution in [2.24, 2.45) is 0 Å². The van der Waals surface area contributed by atoms with Crippen molar-refractivity contribution in [1.29, 1.82) is 0 Å². The van der Waals surface area contributed by atoms with E-state index in [1.165, 1.54) is 17.4 Å². The summed E-state index contributed by atoms with van der Waals surface area (Å²) in [6.45, 7) is 1.85. The maximum atomic E-state index is 11.8. The molecule has 1 N–H and O–H groups in total. The second-order valence-corrected chi connectivity index (χ2v) is 5.38. The Morgan fingerprint density at radius 3 is 2.91 bits per heavy atom. The maximum absolute atomic E-state index is 11.8. The molecule has 3 aromatic heterocycles. The number of furan rings is 1. The third-order valence-electron chi connectivity index (χ3n) is 2.82. The summed E-state index contributed by atoms with van der Waals surface area (Å²) in [6, 6.07) is 9.27. The van der Waals surface area contributed by atoms with Gasteiger partial charge in [0, 0.05) is 17.7 Å². The summed E-state index contributed by atoms with van der Waals surface area (Å²) < 4.78 is 5.36. The number of thiazole rings is 1. The Kier molecular flexibility index (Phi) is 4.11. The van der Waals surface area contributed by atoms with Gasteiger partial charge in [-0.15, -0.1) is 11.3 Å². The SMILES string of the molecule is Cc1ccc(C=CC(=O)Nc2nc(-c3ccccn3)cs2)o1. The summed E-state index contributed by atoms with van der Waals surface area (Å²) in [5.74, 6) is 1.19. The van der Waals surface area contributed by atoms with Crippen LogP contribution in [0.4, 0.5) is 5.13 Å². The fourth-order valence-corrected chi connectivity index (χ4v) is 2.52. The Morgan fingerprint density at radius 1 is 1.27 bits per heavy atom. The van der Waals surface area contributed by atoms with E-state index in [-0.39, 0.29) is 5.91 Å². The highest BCUT2D eigenvalue weighted by Crippen LogP contribution is 2.23. The zero-order chi connectivity index (χ0) is 15.4. The largest absolute Gasteiger partial charge is 0.462 e. The Labute approximate surface area is 131 Å². The van der Waals surface area contributed by atoms with Gasteiger partial charge in [-0.1, -0.05) is 6.07 Å². The molecule has 0 aromatic carbocycles. The number of hydrogen-bond acceptors (Lipinski definition) is 5. The number of nitrogens with one attached hydrogen (secondary N) is 1. The molecule has 3 heterocycles. The lowest BCUT2D eigenvalue weighted by Gasteiger charge is -1.96. The molecule has 0 fully saturated rings. The van der Waals surface area contributed by atoms with Gasteiger partial charge >= 0.3 is 0 Å². The number of carbonyl (C=O) groups is 1. The molecule has 0 saturated carbocycles. The average Bonchev–Trinajstić information content (AvgIpc) is 3.15. The van der Waals surface area contributed by atoms with Crippen LogP contribution in [0, 0.1) is 6.92 Å². The fourth-order valence-electron chi connectivity index (χ4n) is 1.81. The number of rotatable bonds is 4. The fraction of sp³-hybridized carbons (Fsp3) is 0.0625. The molecular weight excluding hydrogens is 298 g/mol. The summed E-state index contributed by atoms with van der Waals surface area (Å²) in [6.07, 6.45) is 4.75. The van der Waals surface area contributed by atoms with E-state index in [1.54, 1.807) is 12.3 Å². The molecule has 0 atom stereocenters. The lowest BCUT2D eigenvalue weighted by atomic mass is 10.3. The minimum absolute atomic E-state index is 0.254. The summed E-state index contributed by atoms with van der Waals surface area (Å²) in [7, 11) is 0. The highest BCUT2D eigenvalue weighted by Gasteiger charge is 2.07. The molecule has 3 rings (SSSR count). The third-order valence-corrected chi connectivity index (χ3v) is 3.58. The molecule has 0 aliphatic heterocycles. The highest BCUT2D eigenvalue weighted by atomic mass is 32.1. The van der Waals surface area contributed by atoms with Gasteiger partial charge in [0.15, 0.2) is 5.13 Å². The Morgan fingerprint density at radius 2 is 2.18 bits per heavy atom. The summed E-state index contributed by atoms with van der Waals surface area (Å²) in [5.41, 5.74) is 1.52. The first-order valence-electron chi connectivity index (χ1n) is 6.63. The number of carbonyl (C=O) groups excluding carboxylic acids is 1. The van der Waals surface area contributed by atoms with Gasteiger partial charge in [-0.05, 0) is 37.3 Å². The second kappa shape index (κ2) is 6.36. The Balaban J connectivity index is 1.65.